The molecule has 0 aromatic carbocycles. The minimum atomic E-state index is 0.443. The van der Waals surface area contributed by atoms with E-state index in [4.69, 9.17) is 11.6 Å². The van der Waals surface area contributed by atoms with Crippen LogP contribution in [0.1, 0.15) is 0 Å². The fraction of sp³-hybridized carbons (Fsp3) is 0. The molecule has 0 aliphatic rings. The average molecular weight is 237 g/mol. The second-order valence-corrected chi connectivity index (χ2v) is 4.19. The van der Waals surface area contributed by atoms with Crippen molar-refractivity contribution >= 4 is 28.6 Å². The van der Waals surface area contributed by atoms with Gasteiger partial charge in [0.1, 0.15) is 15.9 Å². The third-order valence-electron chi connectivity index (χ3n) is 1.98. The number of halogens is 1. The Bertz CT molecular complexity index is 602. The minimum Gasteiger partial charge on any atom is -0.243 e. The first-order valence-corrected chi connectivity index (χ1v) is 5.50. The van der Waals surface area contributed by atoms with Crippen LogP contribution in [-0.4, -0.2) is 19.6 Å². The number of imidazole rings is 1. The molecule has 6 heteroatoms. The molecular formula is C9H5ClN4S. The number of aromatic nitrogens is 4. The van der Waals surface area contributed by atoms with Crippen LogP contribution < -0.4 is 0 Å². The number of thiazole rings is 1. The molecule has 0 radical (unpaired) electrons. The lowest BCUT2D eigenvalue weighted by Crippen LogP contribution is -1.93. The quantitative estimate of drug-likeness (QED) is 0.652. The summed E-state index contributed by atoms with van der Waals surface area (Å²) in [6.07, 6.45) is 3.50. The summed E-state index contributed by atoms with van der Waals surface area (Å²) in [6.45, 7) is 0. The molecule has 4 nitrogen and oxygen atoms in total. The lowest BCUT2D eigenvalue weighted by atomic mass is 10.5. The van der Waals surface area contributed by atoms with Gasteiger partial charge >= 0.3 is 0 Å². The third-order valence-corrected chi connectivity index (χ3v) is 2.98. The monoisotopic (exact) mass is 236 g/mol. The van der Waals surface area contributed by atoms with Gasteiger partial charge < -0.3 is 0 Å². The molecule has 0 atom stereocenters. The van der Waals surface area contributed by atoms with Gasteiger partial charge in [0, 0.05) is 11.6 Å². The Morgan fingerprint density at radius 3 is 3.00 bits per heavy atom. The second-order valence-electron chi connectivity index (χ2n) is 2.91. The van der Waals surface area contributed by atoms with Gasteiger partial charge in [-0.15, -0.1) is 11.3 Å². The van der Waals surface area contributed by atoms with Crippen molar-refractivity contribution < 1.29 is 0 Å². The maximum Gasteiger partial charge on any atom is 0.154 e. The van der Waals surface area contributed by atoms with Crippen molar-refractivity contribution in [1.82, 2.24) is 19.6 Å². The topological polar surface area (TPSA) is 43.1 Å². The predicted octanol–water partition coefficient (Wildman–Crippen LogP) is 2.51. The second kappa shape index (κ2) is 3.29. The molecule has 3 aromatic heterocycles. The summed E-state index contributed by atoms with van der Waals surface area (Å²) in [5.74, 6) is 0. The highest BCUT2D eigenvalue weighted by Crippen LogP contribution is 2.22. The fourth-order valence-electron chi connectivity index (χ4n) is 1.35. The van der Waals surface area contributed by atoms with E-state index in [1.807, 2.05) is 11.4 Å². The molecule has 74 valence electrons. The van der Waals surface area contributed by atoms with E-state index in [9.17, 15) is 0 Å². The SMILES string of the molecule is Clc1ccc2ncc(-c3nccs3)n2n1. The van der Waals surface area contributed by atoms with Crippen LogP contribution in [0.2, 0.25) is 5.15 Å². The molecule has 0 fully saturated rings. The Labute approximate surface area is 94.2 Å². The summed E-state index contributed by atoms with van der Waals surface area (Å²) in [7, 11) is 0. The van der Waals surface area contributed by atoms with E-state index in [0.29, 0.717) is 5.15 Å². The smallest absolute Gasteiger partial charge is 0.154 e. The zero-order valence-corrected chi connectivity index (χ0v) is 9.03. The van der Waals surface area contributed by atoms with Crippen LogP contribution in [-0.2, 0) is 0 Å². The van der Waals surface area contributed by atoms with Crippen LogP contribution in [0.15, 0.2) is 29.9 Å². The van der Waals surface area contributed by atoms with Gasteiger partial charge in [-0.2, -0.15) is 5.10 Å². The van der Waals surface area contributed by atoms with Crippen LogP contribution >= 0.6 is 22.9 Å². The van der Waals surface area contributed by atoms with Crippen molar-refractivity contribution in [2.75, 3.05) is 0 Å². The molecule has 0 aliphatic heterocycles. The van der Waals surface area contributed by atoms with E-state index < -0.39 is 0 Å². The van der Waals surface area contributed by atoms with Gasteiger partial charge in [-0.3, -0.25) is 0 Å². The molecule has 15 heavy (non-hydrogen) atoms. The Balaban J connectivity index is 2.32. The van der Waals surface area contributed by atoms with E-state index in [1.165, 1.54) is 0 Å². The molecule has 0 spiro atoms. The van der Waals surface area contributed by atoms with Crippen molar-refractivity contribution in [3.05, 3.63) is 35.1 Å². The molecule has 0 bridgehead atoms. The molecule has 0 amide bonds. The molecule has 3 rings (SSSR count). The first-order valence-electron chi connectivity index (χ1n) is 4.25. The van der Waals surface area contributed by atoms with Crippen molar-refractivity contribution in [3.63, 3.8) is 0 Å². The highest BCUT2D eigenvalue weighted by atomic mass is 35.5. The van der Waals surface area contributed by atoms with Gasteiger partial charge in [-0.25, -0.2) is 14.5 Å². The summed E-state index contributed by atoms with van der Waals surface area (Å²) >= 11 is 7.38. The Kier molecular flexibility index (Phi) is 1.93. The summed E-state index contributed by atoms with van der Waals surface area (Å²) < 4.78 is 1.70. The summed E-state index contributed by atoms with van der Waals surface area (Å²) in [6, 6.07) is 3.54. The van der Waals surface area contributed by atoms with E-state index in [2.05, 4.69) is 15.1 Å². The standard InChI is InChI=1S/C9H5ClN4S/c10-7-1-2-8-12-5-6(14(8)13-7)9-11-3-4-15-9/h1-5H. The van der Waals surface area contributed by atoms with E-state index in [1.54, 1.807) is 34.3 Å². The van der Waals surface area contributed by atoms with Crippen molar-refractivity contribution in [2.45, 2.75) is 0 Å². The minimum absolute atomic E-state index is 0.443. The Morgan fingerprint density at radius 1 is 1.27 bits per heavy atom. The van der Waals surface area contributed by atoms with E-state index in [0.717, 1.165) is 16.3 Å². The average Bonchev–Trinajstić information content (AvgIpc) is 2.83. The van der Waals surface area contributed by atoms with E-state index in [-0.39, 0.29) is 0 Å². The zero-order valence-electron chi connectivity index (χ0n) is 7.46. The fourth-order valence-corrected chi connectivity index (χ4v) is 2.12. The maximum absolute atomic E-state index is 5.83. The molecule has 3 aromatic rings. The first-order chi connectivity index (χ1) is 7.34. The maximum atomic E-state index is 5.83. The number of hydrogen-bond donors (Lipinski definition) is 0. The summed E-state index contributed by atoms with van der Waals surface area (Å²) in [5, 5.41) is 7.42. The van der Waals surface area contributed by atoms with E-state index >= 15 is 0 Å². The van der Waals surface area contributed by atoms with Crippen LogP contribution in [0.25, 0.3) is 16.3 Å². The molecule has 0 saturated heterocycles. The number of nitrogens with zero attached hydrogens (tertiary/aromatic N) is 4. The van der Waals surface area contributed by atoms with Crippen LogP contribution in [0, 0.1) is 0 Å². The zero-order chi connectivity index (χ0) is 10.3. The lowest BCUT2D eigenvalue weighted by molar-refractivity contribution is 0.942. The van der Waals surface area contributed by atoms with Gasteiger partial charge in [-0.05, 0) is 12.1 Å². The number of hydrogen-bond acceptors (Lipinski definition) is 4. The summed E-state index contributed by atoms with van der Waals surface area (Å²) in [4.78, 5) is 8.44. The first kappa shape index (κ1) is 8.82. The van der Waals surface area contributed by atoms with Gasteiger partial charge in [0.2, 0.25) is 0 Å². The van der Waals surface area contributed by atoms with Gasteiger partial charge in [0.25, 0.3) is 0 Å². The van der Waals surface area contributed by atoms with Crippen molar-refractivity contribution in [3.8, 4) is 10.7 Å². The number of rotatable bonds is 1. The molecule has 0 saturated carbocycles. The predicted molar refractivity (Wildman–Crippen MR) is 59.1 cm³/mol. The number of fused-ring (bicyclic) bond motifs is 1. The molecular weight excluding hydrogens is 232 g/mol. The normalized spacial score (nSPS) is 11.0. The van der Waals surface area contributed by atoms with Gasteiger partial charge in [0.15, 0.2) is 5.65 Å². The van der Waals surface area contributed by atoms with Crippen LogP contribution in [0.4, 0.5) is 0 Å². The molecule has 0 unspecified atom stereocenters. The largest absolute Gasteiger partial charge is 0.243 e. The molecule has 3 heterocycles. The Morgan fingerprint density at radius 2 is 2.20 bits per heavy atom. The lowest BCUT2D eigenvalue weighted by Gasteiger charge is -1.96. The molecule has 0 aliphatic carbocycles. The Hall–Kier alpha value is -1.46. The van der Waals surface area contributed by atoms with Crippen molar-refractivity contribution in [1.29, 1.82) is 0 Å². The van der Waals surface area contributed by atoms with Crippen LogP contribution in [0.3, 0.4) is 0 Å². The van der Waals surface area contributed by atoms with Gasteiger partial charge in [-0.1, -0.05) is 11.6 Å². The summed E-state index contributed by atoms with van der Waals surface area (Å²) in [5.41, 5.74) is 1.63. The van der Waals surface area contributed by atoms with Gasteiger partial charge in [0.05, 0.1) is 6.20 Å². The highest BCUT2D eigenvalue weighted by Gasteiger charge is 2.08. The van der Waals surface area contributed by atoms with Crippen molar-refractivity contribution in [2.24, 2.45) is 0 Å². The third kappa shape index (κ3) is 1.40. The molecule has 0 N–H and O–H groups in total. The van der Waals surface area contributed by atoms with Crippen LogP contribution in [0.5, 0.6) is 0 Å². The highest BCUT2D eigenvalue weighted by molar-refractivity contribution is 7.13.